The Labute approximate surface area is 194 Å². The van der Waals surface area contributed by atoms with E-state index in [2.05, 4.69) is 10.3 Å². The van der Waals surface area contributed by atoms with Gasteiger partial charge in [0.25, 0.3) is 0 Å². The molecule has 3 N–H and O–H groups in total. The van der Waals surface area contributed by atoms with Gasteiger partial charge in [-0.25, -0.2) is 4.68 Å². The van der Waals surface area contributed by atoms with Crippen molar-refractivity contribution in [1.29, 1.82) is 0 Å². The van der Waals surface area contributed by atoms with E-state index in [9.17, 15) is 15.3 Å². The van der Waals surface area contributed by atoms with Gasteiger partial charge in [-0.2, -0.15) is 0 Å². The Balaban J connectivity index is 1.77. The molecule has 2 unspecified atom stereocenters. The van der Waals surface area contributed by atoms with E-state index in [-0.39, 0.29) is 6.54 Å². The molecule has 1 aromatic heterocycles. The van der Waals surface area contributed by atoms with Crippen LogP contribution in [0.25, 0.3) is 11.3 Å². The van der Waals surface area contributed by atoms with Gasteiger partial charge in [-0.15, -0.1) is 5.10 Å². The fraction of sp³-hybridized carbons (Fsp3) is 0.333. The van der Waals surface area contributed by atoms with Gasteiger partial charge in [-0.1, -0.05) is 70.5 Å². The van der Waals surface area contributed by atoms with E-state index in [4.69, 9.17) is 27.9 Å². The molecule has 0 fully saturated rings. The zero-order valence-corrected chi connectivity index (χ0v) is 19.0. The third kappa shape index (κ3) is 6.66. The van der Waals surface area contributed by atoms with Gasteiger partial charge < -0.3 is 20.1 Å². The van der Waals surface area contributed by atoms with Crippen LogP contribution in [0.2, 0.25) is 10.0 Å². The number of rotatable bonds is 10. The number of halogens is 2. The highest BCUT2D eigenvalue weighted by molar-refractivity contribution is 7.99. The van der Waals surface area contributed by atoms with E-state index < -0.39 is 30.4 Å². The van der Waals surface area contributed by atoms with Crippen molar-refractivity contribution < 1.29 is 20.1 Å². The van der Waals surface area contributed by atoms with Crippen molar-refractivity contribution in [1.82, 2.24) is 15.0 Å². The van der Waals surface area contributed by atoms with Gasteiger partial charge in [0.05, 0.1) is 35.5 Å². The Morgan fingerprint density at radius 2 is 1.84 bits per heavy atom. The van der Waals surface area contributed by atoms with Crippen LogP contribution in [0.1, 0.15) is 6.92 Å². The second kappa shape index (κ2) is 11.3. The quantitative estimate of drug-likeness (QED) is 0.299. The summed E-state index contributed by atoms with van der Waals surface area (Å²) in [6, 6.07) is 14.6. The molecule has 3 rings (SSSR count). The molecule has 0 aliphatic heterocycles. The Hall–Kier alpha value is -1.65. The minimum absolute atomic E-state index is 0.0940. The third-order valence-corrected chi connectivity index (χ3v) is 6.39. The first kappa shape index (κ1) is 24.0. The Kier molecular flexibility index (Phi) is 8.74. The predicted molar refractivity (Wildman–Crippen MR) is 121 cm³/mol. The van der Waals surface area contributed by atoms with Crippen LogP contribution >= 0.6 is 35.0 Å². The molecule has 0 aliphatic rings. The Morgan fingerprint density at radius 3 is 2.48 bits per heavy atom. The van der Waals surface area contributed by atoms with Crippen LogP contribution < -0.4 is 0 Å². The molecule has 1 heterocycles. The summed E-state index contributed by atoms with van der Waals surface area (Å²) >= 11 is 13.3. The van der Waals surface area contributed by atoms with Gasteiger partial charge in [0.15, 0.2) is 0 Å². The molecule has 0 aliphatic carbocycles. The monoisotopic (exact) mass is 483 g/mol. The SMILES string of the molecule is C[C@@H](O)C(CO)OC(Sc1ccc(Cl)c(Cl)c1)[C@@H](O)Cn1cc(-c2ccccc2)nn1. The zero-order valence-electron chi connectivity index (χ0n) is 16.7. The maximum atomic E-state index is 10.9. The molecule has 0 bridgehead atoms. The Morgan fingerprint density at radius 1 is 1.10 bits per heavy atom. The van der Waals surface area contributed by atoms with Crippen LogP contribution in [-0.2, 0) is 11.3 Å². The van der Waals surface area contributed by atoms with Gasteiger partial charge in [0.1, 0.15) is 23.3 Å². The first-order chi connectivity index (χ1) is 14.9. The molecule has 3 aromatic rings. The minimum Gasteiger partial charge on any atom is -0.394 e. The molecule has 0 spiro atoms. The lowest BCUT2D eigenvalue weighted by atomic mass is 10.2. The summed E-state index contributed by atoms with van der Waals surface area (Å²) in [7, 11) is 0. The number of aliphatic hydroxyl groups is 3. The molecule has 4 atom stereocenters. The molecular weight excluding hydrogens is 461 g/mol. The average molecular weight is 484 g/mol. The van der Waals surface area contributed by atoms with E-state index >= 15 is 0 Å². The third-order valence-electron chi connectivity index (χ3n) is 4.47. The van der Waals surface area contributed by atoms with Crippen molar-refractivity contribution in [2.45, 2.75) is 42.1 Å². The second-order valence-corrected chi connectivity index (χ2v) is 8.91. The smallest absolute Gasteiger partial charge is 0.135 e. The van der Waals surface area contributed by atoms with Crippen LogP contribution in [0.3, 0.4) is 0 Å². The number of aliphatic hydroxyl groups excluding tert-OH is 3. The molecule has 0 saturated heterocycles. The van der Waals surface area contributed by atoms with Gasteiger partial charge in [-0.3, -0.25) is 0 Å². The summed E-state index contributed by atoms with van der Waals surface area (Å²) in [6.45, 7) is 1.21. The maximum Gasteiger partial charge on any atom is 0.135 e. The van der Waals surface area contributed by atoms with E-state index in [0.717, 1.165) is 5.56 Å². The summed E-state index contributed by atoms with van der Waals surface area (Å²) in [5.74, 6) is 0. The lowest BCUT2D eigenvalue weighted by Gasteiger charge is -2.28. The van der Waals surface area contributed by atoms with E-state index in [0.29, 0.717) is 20.6 Å². The first-order valence-corrected chi connectivity index (χ1v) is 11.2. The lowest BCUT2D eigenvalue weighted by Crippen LogP contribution is -2.39. The van der Waals surface area contributed by atoms with Gasteiger partial charge in [-0.05, 0) is 25.1 Å². The minimum atomic E-state index is -1.03. The highest BCUT2D eigenvalue weighted by Crippen LogP contribution is 2.33. The van der Waals surface area contributed by atoms with Crippen LogP contribution in [0.15, 0.2) is 59.6 Å². The number of nitrogens with zero attached hydrogens (tertiary/aromatic N) is 3. The van der Waals surface area contributed by atoms with Crippen molar-refractivity contribution in [3.63, 3.8) is 0 Å². The van der Waals surface area contributed by atoms with Gasteiger partial charge in [0.2, 0.25) is 0 Å². The van der Waals surface area contributed by atoms with Crippen molar-refractivity contribution >= 4 is 35.0 Å². The van der Waals surface area contributed by atoms with Gasteiger partial charge >= 0.3 is 0 Å². The molecule has 166 valence electrons. The molecule has 31 heavy (non-hydrogen) atoms. The zero-order chi connectivity index (χ0) is 22.4. The highest BCUT2D eigenvalue weighted by Gasteiger charge is 2.28. The number of ether oxygens (including phenoxy) is 1. The number of hydrogen-bond acceptors (Lipinski definition) is 7. The maximum absolute atomic E-state index is 10.9. The molecule has 0 radical (unpaired) electrons. The van der Waals surface area contributed by atoms with Crippen LogP contribution in [-0.4, -0.2) is 60.7 Å². The van der Waals surface area contributed by atoms with E-state index in [1.165, 1.54) is 23.4 Å². The second-order valence-electron chi connectivity index (χ2n) is 6.92. The molecule has 7 nitrogen and oxygen atoms in total. The summed E-state index contributed by atoms with van der Waals surface area (Å²) in [6.07, 6.45) is -1.09. The largest absolute Gasteiger partial charge is 0.394 e. The lowest BCUT2D eigenvalue weighted by molar-refractivity contribution is -0.0972. The Bertz CT molecular complexity index is 974. The highest BCUT2D eigenvalue weighted by atomic mass is 35.5. The van der Waals surface area contributed by atoms with Crippen molar-refractivity contribution in [2.75, 3.05) is 6.61 Å². The fourth-order valence-corrected chi connectivity index (χ4v) is 4.17. The van der Waals surface area contributed by atoms with E-state index in [1.807, 2.05) is 30.3 Å². The number of aromatic nitrogens is 3. The molecule has 2 aromatic carbocycles. The predicted octanol–water partition coefficient (Wildman–Crippen LogP) is 3.49. The average Bonchev–Trinajstić information content (AvgIpc) is 3.22. The summed E-state index contributed by atoms with van der Waals surface area (Å²) in [5, 5.41) is 39.3. The number of thioether (sulfide) groups is 1. The van der Waals surface area contributed by atoms with Crippen molar-refractivity contribution in [2.24, 2.45) is 0 Å². The van der Waals surface area contributed by atoms with Gasteiger partial charge in [0, 0.05) is 10.5 Å². The summed E-state index contributed by atoms with van der Waals surface area (Å²) < 4.78 is 7.36. The van der Waals surface area contributed by atoms with Crippen LogP contribution in [0.5, 0.6) is 0 Å². The van der Waals surface area contributed by atoms with Crippen molar-refractivity contribution in [3.05, 3.63) is 64.8 Å². The fourth-order valence-electron chi connectivity index (χ4n) is 2.77. The topological polar surface area (TPSA) is 101 Å². The molecule has 0 amide bonds. The first-order valence-electron chi connectivity index (χ1n) is 9.57. The van der Waals surface area contributed by atoms with Crippen LogP contribution in [0, 0.1) is 0 Å². The van der Waals surface area contributed by atoms with Crippen molar-refractivity contribution in [3.8, 4) is 11.3 Å². The molecular formula is C21H23Cl2N3O4S. The summed E-state index contributed by atoms with van der Waals surface area (Å²) in [4.78, 5) is 0.712. The van der Waals surface area contributed by atoms with E-state index in [1.54, 1.807) is 24.4 Å². The molecule has 10 heteroatoms. The standard InChI is InChI=1S/C21H23Cl2N3O4S/c1-13(28)20(12-27)30-21(31-15-7-8-16(22)17(23)9-15)19(29)11-26-10-18(24-25-26)14-5-3-2-4-6-14/h2-10,13,19-21,27-29H,11-12H2,1H3/t13-,19+,20?,21?/m1/s1. The summed E-state index contributed by atoms with van der Waals surface area (Å²) in [5.41, 5.74) is 0.767. The molecule has 0 saturated carbocycles. The van der Waals surface area contributed by atoms with Crippen LogP contribution in [0.4, 0.5) is 0 Å². The number of benzene rings is 2. The number of hydrogen-bond donors (Lipinski definition) is 3. The normalized spacial score (nSPS) is 15.4.